The zero-order valence-electron chi connectivity index (χ0n) is 14.3. The summed E-state index contributed by atoms with van der Waals surface area (Å²) < 4.78 is 5.13. The van der Waals surface area contributed by atoms with Gasteiger partial charge in [-0.3, -0.25) is 4.79 Å². The van der Waals surface area contributed by atoms with E-state index in [1.54, 1.807) is 18.2 Å². The SMILES string of the molecule is O=C(/C=C/c1ccc2ccccc2n1)OCCCC(=O)c1ccccc1. The van der Waals surface area contributed by atoms with Gasteiger partial charge in [0.1, 0.15) is 0 Å². The minimum absolute atomic E-state index is 0.0533. The molecule has 0 aliphatic heterocycles. The molecule has 4 nitrogen and oxygen atoms in total. The second-order valence-electron chi connectivity index (χ2n) is 5.82. The Bertz CT molecular complexity index is 932. The molecule has 1 aromatic heterocycles. The Hall–Kier alpha value is -3.27. The number of esters is 1. The molecule has 0 fully saturated rings. The van der Waals surface area contributed by atoms with Gasteiger partial charge in [0.05, 0.1) is 17.8 Å². The maximum atomic E-state index is 11.9. The van der Waals surface area contributed by atoms with Gasteiger partial charge in [-0.05, 0) is 24.6 Å². The van der Waals surface area contributed by atoms with Crippen molar-refractivity contribution in [2.45, 2.75) is 12.8 Å². The van der Waals surface area contributed by atoms with Crippen molar-refractivity contribution in [2.24, 2.45) is 0 Å². The van der Waals surface area contributed by atoms with Crippen molar-refractivity contribution in [3.05, 3.63) is 84.1 Å². The second kappa shape index (κ2) is 8.72. The minimum atomic E-state index is -0.438. The fraction of sp³-hybridized carbons (Fsp3) is 0.136. The van der Waals surface area contributed by atoms with Gasteiger partial charge in [0.15, 0.2) is 5.78 Å². The summed E-state index contributed by atoms with van der Waals surface area (Å²) >= 11 is 0. The lowest BCUT2D eigenvalue weighted by molar-refractivity contribution is -0.137. The quantitative estimate of drug-likeness (QED) is 0.275. The molecule has 1 heterocycles. The Labute approximate surface area is 152 Å². The van der Waals surface area contributed by atoms with Crippen LogP contribution in [0.1, 0.15) is 28.9 Å². The number of carbonyl (C=O) groups excluding carboxylic acids is 2. The van der Waals surface area contributed by atoms with E-state index in [0.717, 1.165) is 10.9 Å². The van der Waals surface area contributed by atoms with Crippen molar-refractivity contribution < 1.29 is 14.3 Å². The summed E-state index contributed by atoms with van der Waals surface area (Å²) in [6.07, 6.45) is 3.84. The van der Waals surface area contributed by atoms with Crippen molar-refractivity contribution in [3.63, 3.8) is 0 Å². The van der Waals surface area contributed by atoms with E-state index >= 15 is 0 Å². The van der Waals surface area contributed by atoms with Gasteiger partial charge in [0.25, 0.3) is 0 Å². The first-order valence-electron chi connectivity index (χ1n) is 8.51. The molecule has 26 heavy (non-hydrogen) atoms. The van der Waals surface area contributed by atoms with E-state index in [1.165, 1.54) is 6.08 Å². The highest BCUT2D eigenvalue weighted by molar-refractivity contribution is 5.96. The van der Waals surface area contributed by atoms with Crippen LogP contribution < -0.4 is 0 Å². The monoisotopic (exact) mass is 345 g/mol. The first-order valence-corrected chi connectivity index (χ1v) is 8.51. The number of rotatable bonds is 7. The molecule has 3 aromatic rings. The summed E-state index contributed by atoms with van der Waals surface area (Å²) in [5.74, 6) is -0.385. The number of benzene rings is 2. The predicted octanol–water partition coefficient (Wildman–Crippen LogP) is 4.45. The molecule has 0 aliphatic rings. The molecule has 0 bridgehead atoms. The maximum absolute atomic E-state index is 11.9. The highest BCUT2D eigenvalue weighted by atomic mass is 16.5. The molecule has 2 aromatic carbocycles. The Morgan fingerprint density at radius 1 is 0.923 bits per heavy atom. The molecule has 0 atom stereocenters. The molecule has 0 aliphatic carbocycles. The zero-order valence-corrected chi connectivity index (χ0v) is 14.3. The van der Waals surface area contributed by atoms with Crippen LogP contribution in [0.25, 0.3) is 17.0 Å². The minimum Gasteiger partial charge on any atom is -0.463 e. The average Bonchev–Trinajstić information content (AvgIpc) is 2.70. The number of hydrogen-bond acceptors (Lipinski definition) is 4. The highest BCUT2D eigenvalue weighted by Crippen LogP contribution is 2.12. The Balaban J connectivity index is 1.44. The van der Waals surface area contributed by atoms with Crippen LogP contribution in [0.15, 0.2) is 72.8 Å². The van der Waals surface area contributed by atoms with Gasteiger partial charge >= 0.3 is 5.97 Å². The number of fused-ring (bicyclic) bond motifs is 1. The van der Waals surface area contributed by atoms with Crippen LogP contribution in [0.3, 0.4) is 0 Å². The molecule has 0 radical (unpaired) electrons. The number of hydrogen-bond donors (Lipinski definition) is 0. The molecule has 0 N–H and O–H groups in total. The second-order valence-corrected chi connectivity index (χ2v) is 5.82. The van der Waals surface area contributed by atoms with Gasteiger partial charge in [-0.2, -0.15) is 0 Å². The van der Waals surface area contributed by atoms with E-state index in [2.05, 4.69) is 4.98 Å². The lowest BCUT2D eigenvalue weighted by Crippen LogP contribution is -2.05. The highest BCUT2D eigenvalue weighted by Gasteiger charge is 2.05. The average molecular weight is 345 g/mol. The number of Topliss-reactive ketones (excluding diaryl/α,β-unsaturated/α-hetero) is 1. The lowest BCUT2D eigenvalue weighted by Gasteiger charge is -2.02. The van der Waals surface area contributed by atoms with Gasteiger partial charge in [0.2, 0.25) is 0 Å². The number of ether oxygens (including phenoxy) is 1. The molecule has 0 saturated carbocycles. The molecular formula is C22H19NO3. The third-order valence-electron chi connectivity index (χ3n) is 3.90. The van der Waals surface area contributed by atoms with Crippen LogP contribution in [0, 0.1) is 0 Å². The van der Waals surface area contributed by atoms with E-state index < -0.39 is 5.97 Å². The molecule has 0 amide bonds. The van der Waals surface area contributed by atoms with Gasteiger partial charge in [0, 0.05) is 23.4 Å². The van der Waals surface area contributed by atoms with Gasteiger partial charge in [-0.1, -0.05) is 54.6 Å². The summed E-state index contributed by atoms with van der Waals surface area (Å²) in [5.41, 5.74) is 2.25. The summed E-state index contributed by atoms with van der Waals surface area (Å²) in [4.78, 5) is 28.2. The summed E-state index contributed by atoms with van der Waals surface area (Å²) in [7, 11) is 0. The van der Waals surface area contributed by atoms with E-state index in [9.17, 15) is 9.59 Å². The van der Waals surface area contributed by atoms with Gasteiger partial charge < -0.3 is 4.74 Å². The van der Waals surface area contributed by atoms with Gasteiger partial charge in [-0.25, -0.2) is 9.78 Å². The topological polar surface area (TPSA) is 56.3 Å². The van der Waals surface area contributed by atoms with E-state index in [4.69, 9.17) is 4.74 Å². The number of pyridine rings is 1. The first-order chi connectivity index (χ1) is 12.7. The number of para-hydroxylation sites is 1. The fourth-order valence-electron chi connectivity index (χ4n) is 2.55. The van der Waals surface area contributed by atoms with E-state index in [-0.39, 0.29) is 12.4 Å². The predicted molar refractivity (Wildman–Crippen MR) is 102 cm³/mol. The molecule has 0 saturated heterocycles. The summed E-state index contributed by atoms with van der Waals surface area (Å²) in [5, 5.41) is 1.05. The molecule has 0 spiro atoms. The third-order valence-corrected chi connectivity index (χ3v) is 3.90. The standard InChI is InChI=1S/C22H19NO3/c24-21(18-8-2-1-3-9-18)11-6-16-26-22(25)15-14-19-13-12-17-7-4-5-10-20(17)23-19/h1-5,7-10,12-15H,6,11,16H2/b15-14+. The summed E-state index contributed by atoms with van der Waals surface area (Å²) in [6.45, 7) is 0.215. The van der Waals surface area contributed by atoms with Crippen molar-refractivity contribution >= 4 is 28.7 Å². The number of nitrogens with zero attached hydrogens (tertiary/aromatic N) is 1. The van der Waals surface area contributed by atoms with Crippen LogP contribution in [0.5, 0.6) is 0 Å². The van der Waals surface area contributed by atoms with Crippen LogP contribution in [0.2, 0.25) is 0 Å². The van der Waals surface area contributed by atoms with Crippen LogP contribution in [-0.2, 0) is 9.53 Å². The molecule has 0 unspecified atom stereocenters. The number of aromatic nitrogens is 1. The molecular weight excluding hydrogens is 326 g/mol. The fourth-order valence-corrected chi connectivity index (χ4v) is 2.55. The molecule has 3 rings (SSSR count). The van der Waals surface area contributed by atoms with Crippen LogP contribution in [0.4, 0.5) is 0 Å². The smallest absolute Gasteiger partial charge is 0.330 e. The molecule has 4 heteroatoms. The zero-order chi connectivity index (χ0) is 18.2. The molecule has 130 valence electrons. The number of ketones is 1. The van der Waals surface area contributed by atoms with Crippen molar-refractivity contribution in [1.82, 2.24) is 4.98 Å². The lowest BCUT2D eigenvalue weighted by atomic mass is 10.1. The third kappa shape index (κ3) is 4.86. The van der Waals surface area contributed by atoms with Crippen LogP contribution >= 0.6 is 0 Å². The normalized spacial score (nSPS) is 10.9. The Morgan fingerprint density at radius 2 is 1.69 bits per heavy atom. The van der Waals surface area contributed by atoms with E-state index in [1.807, 2.05) is 54.6 Å². The van der Waals surface area contributed by atoms with Crippen molar-refractivity contribution in [3.8, 4) is 0 Å². The Morgan fingerprint density at radius 3 is 2.54 bits per heavy atom. The van der Waals surface area contributed by atoms with E-state index in [0.29, 0.717) is 24.1 Å². The Kier molecular flexibility index (Phi) is 5.88. The van der Waals surface area contributed by atoms with Crippen LogP contribution in [-0.4, -0.2) is 23.3 Å². The number of carbonyl (C=O) groups is 2. The maximum Gasteiger partial charge on any atom is 0.330 e. The largest absolute Gasteiger partial charge is 0.463 e. The summed E-state index contributed by atoms with van der Waals surface area (Å²) in [6, 6.07) is 20.7. The van der Waals surface area contributed by atoms with Gasteiger partial charge in [-0.15, -0.1) is 0 Å². The van der Waals surface area contributed by atoms with Crippen molar-refractivity contribution in [2.75, 3.05) is 6.61 Å². The first kappa shape index (κ1) is 17.5. The van der Waals surface area contributed by atoms with Crippen molar-refractivity contribution in [1.29, 1.82) is 0 Å².